The third-order valence-corrected chi connectivity index (χ3v) is 4.26. The zero-order valence-corrected chi connectivity index (χ0v) is 12.5. The zero-order chi connectivity index (χ0) is 15.6. The van der Waals surface area contributed by atoms with E-state index < -0.39 is 17.4 Å². The minimum Gasteiger partial charge on any atom is -0.318 e. The lowest BCUT2D eigenvalue weighted by molar-refractivity contribution is -0.154. The second-order valence-electron chi connectivity index (χ2n) is 5.16. The third kappa shape index (κ3) is 3.41. The van der Waals surface area contributed by atoms with Gasteiger partial charge in [0.25, 0.3) is 5.91 Å². The van der Waals surface area contributed by atoms with Crippen LogP contribution in [0.1, 0.15) is 13.8 Å². The number of nitrogens with one attached hydrogen (secondary N) is 1. The van der Waals surface area contributed by atoms with Crippen molar-refractivity contribution in [1.29, 1.82) is 0 Å². The summed E-state index contributed by atoms with van der Waals surface area (Å²) in [4.78, 5) is 37.5. The Hall–Kier alpha value is -1.89. The summed E-state index contributed by atoms with van der Waals surface area (Å²) < 4.78 is 12.8. The number of hydrogen-bond donors (Lipinski definition) is 1. The van der Waals surface area contributed by atoms with Crippen LogP contribution in [0.2, 0.25) is 0 Å². The Morgan fingerprint density at radius 1 is 1.33 bits per heavy atom. The molecule has 0 spiro atoms. The van der Waals surface area contributed by atoms with Gasteiger partial charge in [0.2, 0.25) is 11.8 Å². The van der Waals surface area contributed by atoms with E-state index >= 15 is 0 Å². The van der Waals surface area contributed by atoms with E-state index in [1.54, 1.807) is 26.0 Å². The Bertz CT molecular complexity index is 586. The Morgan fingerprint density at radius 3 is 2.57 bits per heavy atom. The van der Waals surface area contributed by atoms with E-state index in [0.717, 1.165) is 4.90 Å². The largest absolute Gasteiger partial charge is 0.318 e. The standard InChI is InChI=1S/C14H15FN2O3S/c1-14(2)13(20)16-11(18)7-17(14)12(19)8-21-10-5-3-9(15)4-6-10/h3-6H,7-8H2,1-2H3,(H,16,18,20). The van der Waals surface area contributed by atoms with Gasteiger partial charge in [-0.25, -0.2) is 4.39 Å². The Balaban J connectivity index is 2.03. The van der Waals surface area contributed by atoms with Crippen molar-refractivity contribution >= 4 is 29.5 Å². The Labute approximate surface area is 125 Å². The summed E-state index contributed by atoms with van der Waals surface area (Å²) in [5, 5.41) is 2.21. The van der Waals surface area contributed by atoms with Gasteiger partial charge in [-0.1, -0.05) is 0 Å². The lowest BCUT2D eigenvalue weighted by atomic mass is 9.99. The summed E-state index contributed by atoms with van der Waals surface area (Å²) in [6, 6.07) is 5.78. The van der Waals surface area contributed by atoms with Crippen molar-refractivity contribution in [2.75, 3.05) is 12.3 Å². The maximum Gasteiger partial charge on any atom is 0.252 e. The quantitative estimate of drug-likeness (QED) is 0.672. The van der Waals surface area contributed by atoms with Crippen molar-refractivity contribution in [3.8, 4) is 0 Å². The predicted molar refractivity (Wildman–Crippen MR) is 76.1 cm³/mol. The van der Waals surface area contributed by atoms with Gasteiger partial charge in [-0.3, -0.25) is 19.7 Å². The summed E-state index contributed by atoms with van der Waals surface area (Å²) in [5.74, 6) is -1.55. The van der Waals surface area contributed by atoms with Gasteiger partial charge in [0.05, 0.1) is 5.75 Å². The fraction of sp³-hybridized carbons (Fsp3) is 0.357. The molecule has 1 aliphatic heterocycles. The molecule has 0 saturated carbocycles. The molecular weight excluding hydrogens is 295 g/mol. The molecule has 2 rings (SSSR count). The second-order valence-corrected chi connectivity index (χ2v) is 6.21. The number of amides is 3. The predicted octanol–water partition coefficient (Wildman–Crippen LogP) is 1.18. The van der Waals surface area contributed by atoms with Crippen molar-refractivity contribution in [3.05, 3.63) is 30.1 Å². The molecule has 1 fully saturated rings. The van der Waals surface area contributed by atoms with Crippen LogP contribution in [0.15, 0.2) is 29.2 Å². The van der Waals surface area contributed by atoms with Gasteiger partial charge in [-0.15, -0.1) is 11.8 Å². The molecular formula is C14H15FN2O3S. The molecule has 3 amide bonds. The first kappa shape index (κ1) is 15.5. The number of piperazine rings is 1. The minimum atomic E-state index is -1.06. The number of nitrogens with zero attached hydrogens (tertiary/aromatic N) is 1. The van der Waals surface area contributed by atoms with Crippen molar-refractivity contribution in [3.63, 3.8) is 0 Å². The average Bonchev–Trinajstić information content (AvgIpc) is 2.42. The maximum atomic E-state index is 12.8. The average molecular weight is 310 g/mol. The topological polar surface area (TPSA) is 66.5 Å². The van der Waals surface area contributed by atoms with E-state index in [2.05, 4.69) is 5.32 Å². The summed E-state index contributed by atoms with van der Waals surface area (Å²) in [7, 11) is 0. The van der Waals surface area contributed by atoms with E-state index in [1.807, 2.05) is 0 Å². The van der Waals surface area contributed by atoms with E-state index in [1.165, 1.54) is 28.8 Å². The Kier molecular flexibility index (Phi) is 4.32. The molecule has 1 aliphatic rings. The van der Waals surface area contributed by atoms with Gasteiger partial charge < -0.3 is 4.90 Å². The molecule has 0 radical (unpaired) electrons. The molecule has 0 bridgehead atoms. The number of carbonyl (C=O) groups excluding carboxylic acids is 3. The summed E-state index contributed by atoms with van der Waals surface area (Å²) >= 11 is 1.23. The van der Waals surface area contributed by atoms with E-state index in [-0.39, 0.29) is 24.0 Å². The third-order valence-electron chi connectivity index (χ3n) is 3.26. The highest BCUT2D eigenvalue weighted by atomic mass is 32.2. The fourth-order valence-electron chi connectivity index (χ4n) is 1.94. The molecule has 112 valence electrons. The molecule has 5 nitrogen and oxygen atoms in total. The lowest BCUT2D eigenvalue weighted by Gasteiger charge is -2.40. The zero-order valence-electron chi connectivity index (χ0n) is 11.7. The van der Waals surface area contributed by atoms with Gasteiger partial charge in [0.1, 0.15) is 17.9 Å². The van der Waals surface area contributed by atoms with Gasteiger partial charge in [-0.2, -0.15) is 0 Å². The van der Waals surface area contributed by atoms with E-state index in [9.17, 15) is 18.8 Å². The fourth-order valence-corrected chi connectivity index (χ4v) is 2.71. The molecule has 7 heteroatoms. The first-order valence-electron chi connectivity index (χ1n) is 6.34. The molecule has 0 aromatic heterocycles. The molecule has 1 aromatic carbocycles. The number of thioether (sulfide) groups is 1. The van der Waals surface area contributed by atoms with Crippen LogP contribution in [0.5, 0.6) is 0 Å². The van der Waals surface area contributed by atoms with Crippen LogP contribution in [-0.4, -0.2) is 40.5 Å². The van der Waals surface area contributed by atoms with Crippen LogP contribution in [0.3, 0.4) is 0 Å². The van der Waals surface area contributed by atoms with Crippen LogP contribution in [0, 0.1) is 5.82 Å². The number of benzene rings is 1. The smallest absolute Gasteiger partial charge is 0.252 e. The van der Waals surface area contributed by atoms with Gasteiger partial charge >= 0.3 is 0 Å². The number of carbonyl (C=O) groups is 3. The van der Waals surface area contributed by atoms with Crippen LogP contribution >= 0.6 is 11.8 Å². The van der Waals surface area contributed by atoms with Crippen molar-refractivity contribution < 1.29 is 18.8 Å². The molecule has 1 N–H and O–H groups in total. The van der Waals surface area contributed by atoms with Crippen LogP contribution in [0.25, 0.3) is 0 Å². The van der Waals surface area contributed by atoms with Crippen LogP contribution < -0.4 is 5.32 Å². The van der Waals surface area contributed by atoms with Gasteiger partial charge in [-0.05, 0) is 38.1 Å². The number of imide groups is 1. The van der Waals surface area contributed by atoms with Crippen molar-refractivity contribution in [2.45, 2.75) is 24.3 Å². The number of rotatable bonds is 3. The van der Waals surface area contributed by atoms with E-state index in [4.69, 9.17) is 0 Å². The molecule has 0 unspecified atom stereocenters. The molecule has 1 heterocycles. The van der Waals surface area contributed by atoms with Crippen molar-refractivity contribution in [2.24, 2.45) is 0 Å². The van der Waals surface area contributed by atoms with Gasteiger partial charge in [0.15, 0.2) is 0 Å². The molecule has 1 aromatic rings. The second kappa shape index (κ2) is 5.85. The Morgan fingerprint density at radius 2 is 1.95 bits per heavy atom. The highest BCUT2D eigenvalue weighted by Crippen LogP contribution is 2.23. The number of hydrogen-bond acceptors (Lipinski definition) is 4. The maximum absolute atomic E-state index is 12.8. The van der Waals surface area contributed by atoms with E-state index in [0.29, 0.717) is 0 Å². The summed E-state index contributed by atoms with van der Waals surface area (Å²) in [6.07, 6.45) is 0. The number of halogens is 1. The van der Waals surface area contributed by atoms with Gasteiger partial charge in [0, 0.05) is 4.90 Å². The monoisotopic (exact) mass is 310 g/mol. The van der Waals surface area contributed by atoms with Crippen LogP contribution in [-0.2, 0) is 14.4 Å². The highest BCUT2D eigenvalue weighted by molar-refractivity contribution is 8.00. The molecule has 21 heavy (non-hydrogen) atoms. The molecule has 0 aliphatic carbocycles. The first-order chi connectivity index (χ1) is 9.80. The van der Waals surface area contributed by atoms with Crippen molar-refractivity contribution in [1.82, 2.24) is 10.2 Å². The highest BCUT2D eigenvalue weighted by Gasteiger charge is 2.43. The normalized spacial score (nSPS) is 17.6. The molecule has 1 saturated heterocycles. The summed E-state index contributed by atoms with van der Waals surface area (Å²) in [6.45, 7) is 3.05. The lowest BCUT2D eigenvalue weighted by Crippen LogP contribution is -2.65. The first-order valence-corrected chi connectivity index (χ1v) is 7.32. The van der Waals surface area contributed by atoms with Crippen LogP contribution in [0.4, 0.5) is 4.39 Å². The minimum absolute atomic E-state index is 0.0790. The summed E-state index contributed by atoms with van der Waals surface area (Å²) in [5.41, 5.74) is -1.06. The SMILES string of the molecule is CC1(C)C(=O)NC(=O)CN1C(=O)CSc1ccc(F)cc1. The molecule has 0 atom stereocenters.